The highest BCUT2D eigenvalue weighted by Gasteiger charge is 2.35. The van der Waals surface area contributed by atoms with Crippen molar-refractivity contribution in [2.75, 3.05) is 10.3 Å². The maximum Gasteiger partial charge on any atom is 0.261 e. The number of nitrogens with zero attached hydrogens (tertiary/aromatic N) is 3. The van der Waals surface area contributed by atoms with Crippen molar-refractivity contribution in [1.82, 2.24) is 0 Å². The molecule has 0 radical (unpaired) electrons. The maximum atomic E-state index is 13.5. The van der Waals surface area contributed by atoms with Gasteiger partial charge in [0.25, 0.3) is 11.8 Å². The van der Waals surface area contributed by atoms with E-state index in [1.807, 2.05) is 67.6 Å². The number of nitrogens with one attached hydrogen (secondary N) is 1. The van der Waals surface area contributed by atoms with Crippen LogP contribution < -0.4 is 10.3 Å². The summed E-state index contributed by atoms with van der Waals surface area (Å²) in [7, 11) is 0. The summed E-state index contributed by atoms with van der Waals surface area (Å²) in [5.41, 5.74) is 4.08. The van der Waals surface area contributed by atoms with Gasteiger partial charge in [-0.3, -0.25) is 9.59 Å². The van der Waals surface area contributed by atoms with Crippen LogP contribution in [0.4, 0.5) is 16.4 Å². The monoisotopic (exact) mass is 512 g/mol. The van der Waals surface area contributed by atoms with Crippen LogP contribution in [0.2, 0.25) is 0 Å². The van der Waals surface area contributed by atoms with Crippen molar-refractivity contribution >= 4 is 51.5 Å². The zero-order chi connectivity index (χ0) is 26.2. The summed E-state index contributed by atoms with van der Waals surface area (Å²) in [6, 6.07) is 18.9. The molecule has 0 saturated carbocycles. The van der Waals surface area contributed by atoms with E-state index in [9.17, 15) is 9.59 Å². The summed E-state index contributed by atoms with van der Waals surface area (Å²) < 4.78 is 0. The van der Waals surface area contributed by atoms with Gasteiger partial charge in [-0.25, -0.2) is 4.99 Å². The van der Waals surface area contributed by atoms with Gasteiger partial charge < -0.3 is 5.32 Å². The Balaban J connectivity index is 1.46. The Morgan fingerprint density at radius 1 is 1.11 bits per heavy atom. The second-order valence-electron chi connectivity index (χ2n) is 10.8. The van der Waals surface area contributed by atoms with E-state index in [4.69, 9.17) is 4.99 Å². The van der Waals surface area contributed by atoms with Crippen molar-refractivity contribution in [1.29, 1.82) is 0 Å². The van der Waals surface area contributed by atoms with Crippen molar-refractivity contribution in [3.63, 3.8) is 0 Å². The van der Waals surface area contributed by atoms with Crippen LogP contribution in [0.1, 0.15) is 54.9 Å². The molecule has 0 saturated heterocycles. The molecule has 5 rings (SSSR count). The number of rotatable bonds is 5. The van der Waals surface area contributed by atoms with Crippen molar-refractivity contribution < 1.29 is 9.59 Å². The molecule has 2 heterocycles. The van der Waals surface area contributed by atoms with Crippen LogP contribution in [0.15, 0.2) is 70.8 Å². The molecule has 0 spiro atoms. The number of amides is 2. The van der Waals surface area contributed by atoms with Crippen LogP contribution in [-0.2, 0) is 17.6 Å². The Morgan fingerprint density at radius 3 is 2.46 bits per heavy atom. The number of carbonyl (C=O) groups excluding carboxylic acids is 2. The number of para-hydroxylation sites is 2. The van der Waals surface area contributed by atoms with Crippen LogP contribution in [0.25, 0.3) is 0 Å². The maximum absolute atomic E-state index is 13.5. The zero-order valence-electron chi connectivity index (χ0n) is 21.7. The molecule has 2 aromatic carbocycles. The van der Waals surface area contributed by atoms with Gasteiger partial charge in [0.2, 0.25) is 0 Å². The molecule has 2 amide bonds. The summed E-state index contributed by atoms with van der Waals surface area (Å²) in [5, 5.41) is 9.62. The fourth-order valence-electron chi connectivity index (χ4n) is 5.00. The van der Waals surface area contributed by atoms with Crippen molar-refractivity contribution in [3.05, 3.63) is 76.7 Å². The smallest absolute Gasteiger partial charge is 0.261 e. The zero-order valence-corrected chi connectivity index (χ0v) is 22.5. The van der Waals surface area contributed by atoms with Gasteiger partial charge in [-0.15, -0.1) is 11.3 Å². The van der Waals surface area contributed by atoms with Gasteiger partial charge in [0.15, 0.2) is 0 Å². The standard InChI is InChI=1S/C30H32N4O2S/c1-19-24(29(36)34(33-19)22-13-9-6-10-14-22)18-31-28-26(27(35)32-21-11-7-5-8-12-21)23-16-15-20(30(2,3)4)17-25(23)37-28/h5-14,18,20,24H,15-17H2,1-4H3,(H,32,35)/t20-,24-/m1/s1. The van der Waals surface area contributed by atoms with Gasteiger partial charge in [-0.1, -0.05) is 57.2 Å². The lowest BCUT2D eigenvalue weighted by molar-refractivity contribution is -0.118. The summed E-state index contributed by atoms with van der Waals surface area (Å²) in [4.78, 5) is 32.7. The SMILES string of the molecule is CC1=NN(c2ccccc2)C(=O)[C@@H]1C=Nc1sc2c(c1C(=O)Nc1ccccc1)CC[C@@H](C(C)(C)C)C2. The highest BCUT2D eigenvalue weighted by atomic mass is 32.1. The first kappa shape index (κ1) is 25.1. The van der Waals surface area contributed by atoms with E-state index >= 15 is 0 Å². The van der Waals surface area contributed by atoms with Crippen LogP contribution >= 0.6 is 11.3 Å². The minimum atomic E-state index is -0.563. The van der Waals surface area contributed by atoms with E-state index in [2.05, 4.69) is 31.2 Å². The first-order chi connectivity index (χ1) is 17.7. The Hall–Kier alpha value is -3.58. The van der Waals surface area contributed by atoms with E-state index in [0.717, 1.165) is 36.2 Å². The highest BCUT2D eigenvalue weighted by molar-refractivity contribution is 7.16. The predicted molar refractivity (Wildman–Crippen MR) is 152 cm³/mol. The van der Waals surface area contributed by atoms with Gasteiger partial charge in [-0.05, 0) is 67.3 Å². The summed E-state index contributed by atoms with van der Waals surface area (Å²) >= 11 is 1.58. The number of aliphatic imine (C=N–C) groups is 1. The summed E-state index contributed by atoms with van der Waals surface area (Å²) in [5.74, 6) is -0.312. The predicted octanol–water partition coefficient (Wildman–Crippen LogP) is 6.89. The lowest BCUT2D eigenvalue weighted by Gasteiger charge is -2.33. The third kappa shape index (κ3) is 5.14. The number of hydrogen-bond donors (Lipinski definition) is 1. The van der Waals surface area contributed by atoms with E-state index < -0.39 is 5.92 Å². The number of fused-ring (bicyclic) bond motifs is 1. The Bertz CT molecular complexity index is 1370. The molecule has 0 fully saturated rings. The second kappa shape index (κ2) is 10.1. The Labute approximate surface area is 222 Å². The van der Waals surface area contributed by atoms with E-state index in [1.165, 1.54) is 9.89 Å². The first-order valence-electron chi connectivity index (χ1n) is 12.7. The fraction of sp³-hybridized carbons (Fsp3) is 0.333. The second-order valence-corrected chi connectivity index (χ2v) is 11.9. The largest absolute Gasteiger partial charge is 0.322 e. The molecule has 6 nitrogen and oxygen atoms in total. The number of benzene rings is 2. The molecule has 190 valence electrons. The van der Waals surface area contributed by atoms with Gasteiger partial charge in [0.05, 0.1) is 17.0 Å². The normalized spacial score (nSPS) is 19.7. The number of hydrogen-bond acceptors (Lipinski definition) is 5. The molecular weight excluding hydrogens is 480 g/mol. The molecular formula is C30H32N4O2S. The first-order valence-corrected chi connectivity index (χ1v) is 13.5. The molecule has 37 heavy (non-hydrogen) atoms. The van der Waals surface area contributed by atoms with E-state index in [-0.39, 0.29) is 17.2 Å². The quantitative estimate of drug-likeness (QED) is 0.378. The topological polar surface area (TPSA) is 74.1 Å². The third-order valence-electron chi connectivity index (χ3n) is 7.25. The minimum Gasteiger partial charge on any atom is -0.322 e. The van der Waals surface area contributed by atoms with Crippen LogP contribution in [0, 0.1) is 17.3 Å². The molecule has 2 aliphatic rings. The minimum absolute atomic E-state index is 0.142. The molecule has 1 N–H and O–H groups in total. The summed E-state index contributed by atoms with van der Waals surface area (Å²) in [6.45, 7) is 8.69. The van der Waals surface area contributed by atoms with Gasteiger partial charge in [0, 0.05) is 16.8 Å². The third-order valence-corrected chi connectivity index (χ3v) is 8.42. The van der Waals surface area contributed by atoms with Gasteiger partial charge >= 0.3 is 0 Å². The Kier molecular flexibility index (Phi) is 6.82. The molecule has 1 aromatic heterocycles. The lowest BCUT2D eigenvalue weighted by atomic mass is 9.72. The average molecular weight is 513 g/mol. The molecule has 0 bridgehead atoms. The molecule has 1 aliphatic heterocycles. The molecule has 3 aromatic rings. The van der Waals surface area contributed by atoms with Gasteiger partial charge in [0.1, 0.15) is 10.9 Å². The number of thiophene rings is 1. The van der Waals surface area contributed by atoms with E-state index in [1.54, 1.807) is 17.6 Å². The number of anilines is 2. The number of carbonyl (C=O) groups is 2. The highest BCUT2D eigenvalue weighted by Crippen LogP contribution is 2.45. The average Bonchev–Trinajstić information content (AvgIpc) is 3.39. The molecule has 7 heteroatoms. The molecule has 0 unspecified atom stereocenters. The lowest BCUT2D eigenvalue weighted by Crippen LogP contribution is -2.27. The Morgan fingerprint density at radius 2 is 1.78 bits per heavy atom. The molecule has 2 atom stereocenters. The van der Waals surface area contributed by atoms with Crippen LogP contribution in [-0.4, -0.2) is 23.7 Å². The van der Waals surface area contributed by atoms with E-state index in [0.29, 0.717) is 22.2 Å². The summed E-state index contributed by atoms with van der Waals surface area (Å²) in [6.07, 6.45) is 4.49. The molecule has 1 aliphatic carbocycles. The van der Waals surface area contributed by atoms with Crippen molar-refractivity contribution in [2.45, 2.75) is 47.0 Å². The van der Waals surface area contributed by atoms with Crippen molar-refractivity contribution in [2.24, 2.45) is 27.3 Å². The van der Waals surface area contributed by atoms with Gasteiger partial charge in [-0.2, -0.15) is 10.1 Å². The van der Waals surface area contributed by atoms with Crippen molar-refractivity contribution in [3.8, 4) is 0 Å². The van der Waals surface area contributed by atoms with Crippen LogP contribution in [0.5, 0.6) is 0 Å². The van der Waals surface area contributed by atoms with Crippen LogP contribution in [0.3, 0.4) is 0 Å². The number of hydrazone groups is 1. The fourth-order valence-corrected chi connectivity index (χ4v) is 6.28.